The maximum Gasteiger partial charge on any atom is 0.347 e. The Morgan fingerprint density at radius 3 is 2.60 bits per heavy atom. The summed E-state index contributed by atoms with van der Waals surface area (Å²) in [6.07, 6.45) is 6.10. The number of halogens is 2. The van der Waals surface area contributed by atoms with Crippen LogP contribution in [0.5, 0.6) is 5.75 Å². The highest BCUT2D eigenvalue weighted by atomic mass is 35.5. The number of carbonyl (C=O) groups excluding carboxylic acids is 2. The van der Waals surface area contributed by atoms with Crippen molar-refractivity contribution in [3.8, 4) is 5.75 Å². The molecule has 8 heteroatoms. The van der Waals surface area contributed by atoms with Crippen molar-refractivity contribution in [2.75, 3.05) is 6.61 Å². The Hall–Kier alpha value is -2.05. The second-order valence-electron chi connectivity index (χ2n) is 8.75. The summed E-state index contributed by atoms with van der Waals surface area (Å²) in [6.45, 7) is 2.06. The van der Waals surface area contributed by atoms with Crippen LogP contribution in [0.15, 0.2) is 12.1 Å². The van der Waals surface area contributed by atoms with E-state index in [9.17, 15) is 14.4 Å². The Kier molecular flexibility index (Phi) is 5.14. The fourth-order valence-corrected chi connectivity index (χ4v) is 5.11. The van der Waals surface area contributed by atoms with E-state index in [-0.39, 0.29) is 22.0 Å². The van der Waals surface area contributed by atoms with Gasteiger partial charge < -0.3 is 14.6 Å². The summed E-state index contributed by atoms with van der Waals surface area (Å²) < 4.78 is 10.5. The van der Waals surface area contributed by atoms with Crippen molar-refractivity contribution >= 4 is 46.5 Å². The van der Waals surface area contributed by atoms with Gasteiger partial charge in [-0.15, -0.1) is 0 Å². The molecule has 1 atom stereocenters. The van der Waals surface area contributed by atoms with Gasteiger partial charge in [0, 0.05) is 17.4 Å². The minimum atomic E-state index is -1.66. The van der Waals surface area contributed by atoms with Crippen molar-refractivity contribution in [2.24, 2.45) is 11.3 Å². The molecule has 1 unspecified atom stereocenters. The topological polar surface area (TPSA) is 89.9 Å². The number of carbonyl (C=O) groups is 3. The van der Waals surface area contributed by atoms with E-state index in [4.69, 9.17) is 37.8 Å². The zero-order valence-electron chi connectivity index (χ0n) is 16.7. The minimum Gasteiger partial charge on any atom is -0.480 e. The summed E-state index contributed by atoms with van der Waals surface area (Å²) in [5, 5.41) is 9.54. The average molecular weight is 453 g/mol. The van der Waals surface area contributed by atoms with Gasteiger partial charge in [0.05, 0.1) is 5.02 Å². The molecule has 1 aromatic rings. The quantitative estimate of drug-likeness (QED) is 0.639. The van der Waals surface area contributed by atoms with Gasteiger partial charge in [0.2, 0.25) is 5.60 Å². The van der Waals surface area contributed by atoms with Crippen molar-refractivity contribution in [2.45, 2.75) is 51.6 Å². The minimum absolute atomic E-state index is 0.0771. The highest BCUT2D eigenvalue weighted by Gasteiger charge is 2.54. The average Bonchev–Trinajstić information content (AvgIpc) is 3.46. The standard InChI is InChI=1S/C22H22Cl2O6/c1-21(2,20(27)28)30-16(26)10-29-15-7-11-9-22(12-3-4-12)6-5-13(25)8-14(22)17(11)19(24)18(15)23/h7-8,12H,3-6,9-10H2,1-2H3,(H,27,28). The number of ketones is 1. The highest BCUT2D eigenvalue weighted by molar-refractivity contribution is 6.44. The first kappa shape index (κ1) is 21.2. The molecule has 0 aromatic heterocycles. The third-order valence-electron chi connectivity index (χ3n) is 6.28. The number of allylic oxidation sites excluding steroid dienone is 2. The van der Waals surface area contributed by atoms with Crippen molar-refractivity contribution < 1.29 is 29.0 Å². The van der Waals surface area contributed by atoms with Crippen molar-refractivity contribution in [1.29, 1.82) is 0 Å². The van der Waals surface area contributed by atoms with Gasteiger partial charge in [-0.2, -0.15) is 0 Å². The lowest BCUT2D eigenvalue weighted by molar-refractivity contribution is -0.175. The Bertz CT molecular complexity index is 992. The SMILES string of the molecule is CC(C)(OC(=O)COc1cc2c(c(Cl)c1Cl)C1=CC(=O)CCC1(C1CC1)C2)C(=O)O. The first-order valence-corrected chi connectivity index (χ1v) is 10.6. The molecule has 1 saturated carbocycles. The van der Waals surface area contributed by atoms with Crippen molar-refractivity contribution in [1.82, 2.24) is 0 Å². The molecule has 1 fully saturated rings. The van der Waals surface area contributed by atoms with Crippen LogP contribution in [0.25, 0.3) is 5.57 Å². The lowest BCUT2D eigenvalue weighted by atomic mass is 9.69. The van der Waals surface area contributed by atoms with Crippen LogP contribution < -0.4 is 4.74 Å². The Balaban J connectivity index is 1.60. The molecular formula is C22H22Cl2O6. The number of hydrogen-bond acceptors (Lipinski definition) is 5. The van der Waals surface area contributed by atoms with Crippen LogP contribution >= 0.6 is 23.2 Å². The van der Waals surface area contributed by atoms with Gasteiger partial charge in [-0.3, -0.25) is 4.79 Å². The molecule has 0 aliphatic heterocycles. The van der Waals surface area contributed by atoms with Crippen LogP contribution in [0.2, 0.25) is 10.0 Å². The Morgan fingerprint density at radius 1 is 1.27 bits per heavy atom. The number of aliphatic carboxylic acids is 1. The first-order chi connectivity index (χ1) is 14.0. The van der Waals surface area contributed by atoms with E-state index in [0.29, 0.717) is 17.4 Å². The summed E-state index contributed by atoms with van der Waals surface area (Å²) in [5.74, 6) is -1.21. The van der Waals surface area contributed by atoms with Gasteiger partial charge in [0.15, 0.2) is 12.4 Å². The molecule has 3 aliphatic carbocycles. The number of hydrogen-bond donors (Lipinski definition) is 1. The molecule has 0 saturated heterocycles. The van der Waals surface area contributed by atoms with Crippen LogP contribution in [0.3, 0.4) is 0 Å². The van der Waals surface area contributed by atoms with E-state index >= 15 is 0 Å². The second-order valence-corrected chi connectivity index (χ2v) is 9.50. The zero-order chi connectivity index (χ0) is 21.8. The fraction of sp³-hybridized carbons (Fsp3) is 0.500. The molecule has 0 amide bonds. The molecule has 1 aromatic carbocycles. The van der Waals surface area contributed by atoms with Gasteiger partial charge in [-0.05, 0) is 68.7 Å². The summed E-state index contributed by atoms with van der Waals surface area (Å²) in [4.78, 5) is 35.3. The lowest BCUT2D eigenvalue weighted by Crippen LogP contribution is -2.38. The molecule has 1 N–H and O–H groups in total. The van der Waals surface area contributed by atoms with E-state index in [0.717, 1.165) is 42.4 Å². The summed E-state index contributed by atoms with van der Waals surface area (Å²) >= 11 is 13.0. The molecule has 4 rings (SSSR count). The van der Waals surface area contributed by atoms with E-state index in [1.54, 1.807) is 12.1 Å². The van der Waals surface area contributed by atoms with E-state index in [2.05, 4.69) is 0 Å². The van der Waals surface area contributed by atoms with Gasteiger partial charge in [0.1, 0.15) is 10.8 Å². The number of rotatable bonds is 6. The van der Waals surface area contributed by atoms with E-state index in [1.165, 1.54) is 13.8 Å². The molecule has 0 radical (unpaired) electrons. The largest absolute Gasteiger partial charge is 0.480 e. The van der Waals surface area contributed by atoms with Gasteiger partial charge in [0.25, 0.3) is 0 Å². The third kappa shape index (κ3) is 3.50. The lowest BCUT2D eigenvalue weighted by Gasteiger charge is -2.34. The number of benzene rings is 1. The predicted octanol–water partition coefficient (Wildman–Crippen LogP) is 4.48. The highest BCUT2D eigenvalue weighted by Crippen LogP contribution is 2.64. The smallest absolute Gasteiger partial charge is 0.347 e. The summed E-state index contributed by atoms with van der Waals surface area (Å²) in [5.41, 5.74) is 1.00. The zero-order valence-corrected chi connectivity index (χ0v) is 18.2. The molecule has 0 bridgehead atoms. The van der Waals surface area contributed by atoms with Gasteiger partial charge in [-0.1, -0.05) is 23.2 Å². The van der Waals surface area contributed by atoms with Crippen LogP contribution in [0, 0.1) is 11.3 Å². The number of fused-ring (bicyclic) bond motifs is 3. The number of esters is 1. The fourth-order valence-electron chi connectivity index (χ4n) is 4.59. The van der Waals surface area contributed by atoms with Crippen LogP contribution in [-0.2, 0) is 25.5 Å². The third-order valence-corrected chi connectivity index (χ3v) is 7.13. The van der Waals surface area contributed by atoms with Crippen molar-refractivity contribution in [3.05, 3.63) is 33.3 Å². The normalized spacial score (nSPS) is 22.8. The van der Waals surface area contributed by atoms with E-state index in [1.807, 2.05) is 0 Å². The molecular weight excluding hydrogens is 431 g/mol. The molecule has 0 spiro atoms. The number of ether oxygens (including phenoxy) is 2. The van der Waals surface area contributed by atoms with Crippen LogP contribution in [0.1, 0.15) is 50.7 Å². The predicted molar refractivity (Wildman–Crippen MR) is 111 cm³/mol. The number of carboxylic acid groups (broad SMARTS) is 1. The maximum absolute atomic E-state index is 12.1. The van der Waals surface area contributed by atoms with Gasteiger partial charge >= 0.3 is 11.9 Å². The summed E-state index contributed by atoms with van der Waals surface area (Å²) in [7, 11) is 0. The molecule has 160 valence electrons. The van der Waals surface area contributed by atoms with Gasteiger partial charge in [-0.25, -0.2) is 9.59 Å². The summed E-state index contributed by atoms with van der Waals surface area (Å²) in [6, 6.07) is 1.77. The first-order valence-electron chi connectivity index (χ1n) is 9.89. The number of carboxylic acids is 1. The molecule has 6 nitrogen and oxygen atoms in total. The molecule has 3 aliphatic rings. The van der Waals surface area contributed by atoms with Crippen LogP contribution in [-0.4, -0.2) is 35.0 Å². The Morgan fingerprint density at radius 2 is 1.97 bits per heavy atom. The second kappa shape index (κ2) is 7.27. The molecule has 0 heterocycles. The molecule has 30 heavy (non-hydrogen) atoms. The monoisotopic (exact) mass is 452 g/mol. The van der Waals surface area contributed by atoms with Crippen molar-refractivity contribution in [3.63, 3.8) is 0 Å². The van der Waals surface area contributed by atoms with E-state index < -0.39 is 24.1 Å². The maximum atomic E-state index is 12.1. The Labute approximate surface area is 184 Å². The van der Waals surface area contributed by atoms with Crippen LogP contribution in [0.4, 0.5) is 0 Å².